The fourth-order valence-electron chi connectivity index (χ4n) is 4.05. The van der Waals surface area contributed by atoms with Crippen LogP contribution in [0.15, 0.2) is 59.6 Å². The summed E-state index contributed by atoms with van der Waals surface area (Å²) in [6, 6.07) is 16.4. The van der Waals surface area contributed by atoms with Crippen LogP contribution in [0.3, 0.4) is 0 Å². The molecule has 2 aromatic carbocycles. The third-order valence-corrected chi connectivity index (χ3v) is 6.96. The lowest BCUT2D eigenvalue weighted by atomic mass is 10.1. The number of amides is 3. The predicted octanol–water partition coefficient (Wildman–Crippen LogP) is 4.17. The van der Waals surface area contributed by atoms with Gasteiger partial charge >= 0.3 is 0 Å². The number of benzene rings is 2. The van der Waals surface area contributed by atoms with Gasteiger partial charge in [0.05, 0.1) is 0 Å². The number of nitrogens with zero attached hydrogens (tertiary/aromatic N) is 3. The molecule has 2 aliphatic heterocycles. The van der Waals surface area contributed by atoms with Gasteiger partial charge in [-0.1, -0.05) is 36.0 Å². The van der Waals surface area contributed by atoms with Crippen molar-refractivity contribution in [1.29, 1.82) is 0 Å². The quantitative estimate of drug-likeness (QED) is 0.694. The third kappa shape index (κ3) is 5.63. The summed E-state index contributed by atoms with van der Waals surface area (Å²) in [4.78, 5) is 46.1. The van der Waals surface area contributed by atoms with E-state index in [0.717, 1.165) is 36.8 Å². The summed E-state index contributed by atoms with van der Waals surface area (Å²) in [5, 5.41) is 3.08. The van der Waals surface area contributed by atoms with Crippen molar-refractivity contribution in [3.05, 3.63) is 60.2 Å². The Balaban J connectivity index is 1.37. The smallest absolute Gasteiger partial charge is 0.262 e. The molecule has 2 heterocycles. The Morgan fingerprint density at radius 3 is 2.58 bits per heavy atom. The number of aliphatic imine (C=N–C) groups is 1. The summed E-state index contributed by atoms with van der Waals surface area (Å²) in [5.41, 5.74) is 1.84. The third-order valence-electron chi connectivity index (χ3n) is 5.75. The van der Waals surface area contributed by atoms with Crippen molar-refractivity contribution in [3.63, 3.8) is 0 Å². The van der Waals surface area contributed by atoms with E-state index in [2.05, 4.69) is 15.2 Å². The number of rotatable bonds is 6. The molecule has 33 heavy (non-hydrogen) atoms. The first-order chi connectivity index (χ1) is 16.0. The van der Waals surface area contributed by atoms with Crippen LogP contribution in [0.25, 0.3) is 0 Å². The maximum absolute atomic E-state index is 13.1. The van der Waals surface area contributed by atoms with Crippen molar-refractivity contribution < 1.29 is 14.4 Å². The van der Waals surface area contributed by atoms with E-state index in [-0.39, 0.29) is 24.1 Å². The van der Waals surface area contributed by atoms with Crippen LogP contribution in [0.2, 0.25) is 0 Å². The Bertz CT molecular complexity index is 1050. The van der Waals surface area contributed by atoms with Crippen LogP contribution >= 0.6 is 11.8 Å². The molecule has 0 spiro atoms. The Morgan fingerprint density at radius 2 is 1.85 bits per heavy atom. The molecular formula is C25H28N4O3S. The van der Waals surface area contributed by atoms with E-state index in [1.54, 1.807) is 29.2 Å². The fourth-order valence-corrected chi connectivity index (χ4v) is 5.16. The van der Waals surface area contributed by atoms with Gasteiger partial charge in [-0.05, 0) is 56.5 Å². The van der Waals surface area contributed by atoms with Crippen molar-refractivity contribution >= 4 is 46.0 Å². The largest absolute Gasteiger partial charge is 0.351 e. The van der Waals surface area contributed by atoms with E-state index in [1.807, 2.05) is 37.3 Å². The lowest BCUT2D eigenvalue weighted by Gasteiger charge is -2.27. The molecule has 8 heteroatoms. The average molecular weight is 465 g/mol. The molecule has 1 unspecified atom stereocenters. The van der Waals surface area contributed by atoms with E-state index in [9.17, 15) is 14.4 Å². The lowest BCUT2D eigenvalue weighted by Crippen LogP contribution is -2.33. The molecule has 1 atom stereocenters. The molecule has 0 aliphatic carbocycles. The van der Waals surface area contributed by atoms with Crippen LogP contribution in [0.5, 0.6) is 0 Å². The highest BCUT2D eigenvalue weighted by Crippen LogP contribution is 2.29. The van der Waals surface area contributed by atoms with Crippen molar-refractivity contribution in [3.8, 4) is 0 Å². The summed E-state index contributed by atoms with van der Waals surface area (Å²) in [6.07, 6.45) is 3.46. The minimum absolute atomic E-state index is 0.0492. The van der Waals surface area contributed by atoms with Gasteiger partial charge in [0.2, 0.25) is 5.91 Å². The number of anilines is 2. The molecule has 7 nitrogen and oxygen atoms in total. The van der Waals surface area contributed by atoms with Crippen LogP contribution in [0.1, 0.15) is 43.0 Å². The minimum Gasteiger partial charge on any atom is -0.351 e. The second-order valence-corrected chi connectivity index (χ2v) is 9.27. The van der Waals surface area contributed by atoms with Crippen LogP contribution in [0, 0.1) is 0 Å². The molecule has 0 saturated carbocycles. The van der Waals surface area contributed by atoms with E-state index in [4.69, 9.17) is 0 Å². The molecule has 1 N–H and O–H groups in total. The highest BCUT2D eigenvalue weighted by molar-refractivity contribution is 8.15. The number of hydrogen-bond donors (Lipinski definition) is 1. The number of carbonyl (C=O) groups is 3. The Labute approximate surface area is 198 Å². The van der Waals surface area contributed by atoms with E-state index < -0.39 is 5.25 Å². The van der Waals surface area contributed by atoms with Crippen molar-refractivity contribution in [1.82, 2.24) is 4.90 Å². The molecule has 172 valence electrons. The second kappa shape index (κ2) is 10.7. The zero-order chi connectivity index (χ0) is 23.2. The van der Waals surface area contributed by atoms with Gasteiger partial charge in [0.25, 0.3) is 11.8 Å². The number of thioether (sulfide) groups is 1. The van der Waals surface area contributed by atoms with Crippen LogP contribution in [-0.2, 0) is 9.59 Å². The highest BCUT2D eigenvalue weighted by Gasteiger charge is 2.33. The van der Waals surface area contributed by atoms with Crippen molar-refractivity contribution in [2.45, 2.75) is 37.9 Å². The van der Waals surface area contributed by atoms with E-state index in [0.29, 0.717) is 17.8 Å². The standard InChI is InChI=1S/C25H28N4O3S/c1-2-29(20-12-5-3-6-13-20)24(32)18-10-9-11-19(16-18)26-22(30)17-21-23(31)27-25(33-21)28-14-7-4-8-15-28/h3,5-6,9-13,16,21H,2,4,7-8,14-15,17H2,1H3,(H,26,30). The first-order valence-corrected chi connectivity index (χ1v) is 12.2. The Morgan fingerprint density at radius 1 is 1.09 bits per heavy atom. The van der Waals surface area contributed by atoms with Crippen LogP contribution in [0.4, 0.5) is 11.4 Å². The zero-order valence-corrected chi connectivity index (χ0v) is 19.5. The van der Waals surface area contributed by atoms with Crippen molar-refractivity contribution in [2.24, 2.45) is 4.99 Å². The first-order valence-electron chi connectivity index (χ1n) is 11.4. The predicted molar refractivity (Wildman–Crippen MR) is 133 cm³/mol. The van der Waals surface area contributed by atoms with Gasteiger partial charge in [0.15, 0.2) is 5.17 Å². The van der Waals surface area contributed by atoms with Gasteiger partial charge in [-0.2, -0.15) is 4.99 Å². The molecule has 1 fully saturated rings. The van der Waals surface area contributed by atoms with E-state index in [1.165, 1.54) is 18.2 Å². The number of carbonyl (C=O) groups excluding carboxylic acids is 3. The summed E-state index contributed by atoms with van der Waals surface area (Å²) in [6.45, 7) is 4.28. The highest BCUT2D eigenvalue weighted by atomic mass is 32.2. The summed E-state index contributed by atoms with van der Waals surface area (Å²) >= 11 is 1.38. The monoisotopic (exact) mass is 464 g/mol. The summed E-state index contributed by atoms with van der Waals surface area (Å²) in [5.74, 6) is -0.655. The Kier molecular flexibility index (Phi) is 7.44. The molecule has 0 bridgehead atoms. The first kappa shape index (κ1) is 23.0. The number of nitrogens with one attached hydrogen (secondary N) is 1. The second-order valence-electron chi connectivity index (χ2n) is 8.10. The van der Waals surface area contributed by atoms with Crippen LogP contribution < -0.4 is 10.2 Å². The van der Waals surface area contributed by atoms with Gasteiger partial charge < -0.3 is 15.1 Å². The number of amidine groups is 1. The molecule has 2 aromatic rings. The topological polar surface area (TPSA) is 82.1 Å². The molecule has 0 aromatic heterocycles. The van der Waals surface area contributed by atoms with Crippen LogP contribution in [-0.4, -0.2) is 52.7 Å². The number of para-hydroxylation sites is 1. The molecule has 4 rings (SSSR count). The lowest BCUT2D eigenvalue weighted by molar-refractivity contribution is -0.121. The van der Waals surface area contributed by atoms with Gasteiger partial charge in [0.1, 0.15) is 5.25 Å². The fraction of sp³-hybridized carbons (Fsp3) is 0.360. The number of likely N-dealkylation sites (tertiary alicyclic amines) is 1. The SMILES string of the molecule is CCN(C(=O)c1cccc(NC(=O)CC2SC(N3CCCCC3)=NC2=O)c1)c1ccccc1. The molecule has 2 aliphatic rings. The number of piperidine rings is 1. The maximum Gasteiger partial charge on any atom is 0.262 e. The normalized spacial score (nSPS) is 18.1. The molecule has 3 amide bonds. The van der Waals surface area contributed by atoms with Gasteiger partial charge in [-0.25, -0.2) is 0 Å². The van der Waals surface area contributed by atoms with E-state index >= 15 is 0 Å². The minimum atomic E-state index is -0.500. The van der Waals surface area contributed by atoms with Gasteiger partial charge in [0, 0.05) is 43.0 Å². The summed E-state index contributed by atoms with van der Waals surface area (Å²) in [7, 11) is 0. The van der Waals surface area contributed by atoms with Crippen molar-refractivity contribution in [2.75, 3.05) is 29.9 Å². The van der Waals surface area contributed by atoms with Gasteiger partial charge in [-0.3, -0.25) is 14.4 Å². The molecule has 0 radical (unpaired) electrons. The Hall–Kier alpha value is -3.13. The zero-order valence-electron chi connectivity index (χ0n) is 18.7. The molecular weight excluding hydrogens is 436 g/mol. The van der Waals surface area contributed by atoms with Gasteiger partial charge in [-0.15, -0.1) is 0 Å². The average Bonchev–Trinajstić information content (AvgIpc) is 3.21. The number of hydrogen-bond acceptors (Lipinski definition) is 5. The summed E-state index contributed by atoms with van der Waals surface area (Å²) < 4.78 is 0. The maximum atomic E-state index is 13.1. The molecule has 1 saturated heterocycles.